The van der Waals surface area contributed by atoms with E-state index in [9.17, 15) is 4.79 Å². The lowest BCUT2D eigenvalue weighted by atomic mass is 10.1. The van der Waals surface area contributed by atoms with Gasteiger partial charge in [0.25, 0.3) is 0 Å². The molecule has 20 heavy (non-hydrogen) atoms. The molecule has 4 nitrogen and oxygen atoms in total. The van der Waals surface area contributed by atoms with Gasteiger partial charge in [-0.1, -0.05) is 11.6 Å². The molecule has 5 heteroatoms. The number of hydrogen-bond acceptors (Lipinski definition) is 3. The van der Waals surface area contributed by atoms with Gasteiger partial charge in [0, 0.05) is 29.4 Å². The van der Waals surface area contributed by atoms with Crippen molar-refractivity contribution in [2.75, 3.05) is 11.4 Å². The molecular weight excluding hydrogens is 276 g/mol. The maximum Gasteiger partial charge on any atom is 0.328 e. The number of carbonyl (C=O) groups is 1. The first-order chi connectivity index (χ1) is 9.61. The van der Waals surface area contributed by atoms with Crippen molar-refractivity contribution < 1.29 is 9.90 Å². The van der Waals surface area contributed by atoms with E-state index in [4.69, 9.17) is 22.0 Å². The topological polar surface area (TPSA) is 64.3 Å². The maximum absolute atomic E-state index is 10.7. The first-order valence-corrected chi connectivity index (χ1v) is 6.84. The van der Waals surface area contributed by atoms with Crippen molar-refractivity contribution in [2.24, 2.45) is 0 Å². The van der Waals surface area contributed by atoms with Crippen LogP contribution in [0.15, 0.2) is 24.3 Å². The molecule has 0 spiro atoms. The number of carboxylic acids is 1. The molecular formula is C15H15ClN2O2. The molecule has 0 atom stereocenters. The standard InChI is InChI=1S/C15H15ClN2O2/c16-12-3-6-14(11(10-12)2-7-15(19)20)18(9-1-8-17)13-4-5-13/h2-3,6-7,10,13H,1,4-5,9H2,(H,19,20)/b7-2+. The summed E-state index contributed by atoms with van der Waals surface area (Å²) in [6.07, 6.45) is 5.31. The van der Waals surface area contributed by atoms with Crippen LogP contribution in [-0.2, 0) is 4.79 Å². The molecule has 104 valence electrons. The van der Waals surface area contributed by atoms with Crippen LogP contribution in [0.3, 0.4) is 0 Å². The molecule has 0 saturated heterocycles. The Morgan fingerprint density at radius 3 is 2.90 bits per heavy atom. The fraction of sp³-hybridized carbons (Fsp3) is 0.333. The van der Waals surface area contributed by atoms with Gasteiger partial charge < -0.3 is 10.0 Å². The van der Waals surface area contributed by atoms with Crippen LogP contribution in [0.25, 0.3) is 6.08 Å². The molecule has 1 aromatic carbocycles. The zero-order valence-corrected chi connectivity index (χ0v) is 11.7. The van der Waals surface area contributed by atoms with Crippen molar-refractivity contribution in [3.05, 3.63) is 34.9 Å². The summed E-state index contributed by atoms with van der Waals surface area (Å²) in [5, 5.41) is 18.1. The summed E-state index contributed by atoms with van der Waals surface area (Å²) in [5.74, 6) is -0.995. The van der Waals surface area contributed by atoms with Gasteiger partial charge in [0.15, 0.2) is 0 Å². The highest BCUT2D eigenvalue weighted by Gasteiger charge is 2.29. The molecule has 1 aromatic rings. The second-order valence-electron chi connectivity index (χ2n) is 4.71. The average Bonchev–Trinajstić information content (AvgIpc) is 3.23. The SMILES string of the molecule is N#CCCN(c1ccc(Cl)cc1/C=C/C(=O)O)C1CC1. The van der Waals surface area contributed by atoms with Gasteiger partial charge in [-0.15, -0.1) is 0 Å². The summed E-state index contributed by atoms with van der Waals surface area (Å²) in [6.45, 7) is 0.650. The van der Waals surface area contributed by atoms with Crippen molar-refractivity contribution >= 4 is 29.3 Å². The van der Waals surface area contributed by atoms with Gasteiger partial charge >= 0.3 is 5.97 Å². The molecule has 0 heterocycles. The Hall–Kier alpha value is -1.99. The normalized spacial score (nSPS) is 14.2. The number of halogens is 1. The van der Waals surface area contributed by atoms with Crippen molar-refractivity contribution in [1.82, 2.24) is 0 Å². The van der Waals surface area contributed by atoms with Crippen LogP contribution in [0.2, 0.25) is 5.02 Å². The molecule has 1 aliphatic carbocycles. The lowest BCUT2D eigenvalue weighted by Gasteiger charge is -2.25. The van der Waals surface area contributed by atoms with E-state index in [0.29, 0.717) is 24.0 Å². The van der Waals surface area contributed by atoms with Gasteiger partial charge in [-0.2, -0.15) is 5.26 Å². The minimum atomic E-state index is -0.995. The third-order valence-corrected chi connectivity index (χ3v) is 3.39. The van der Waals surface area contributed by atoms with Crippen LogP contribution in [0.1, 0.15) is 24.8 Å². The van der Waals surface area contributed by atoms with Crippen LogP contribution in [0, 0.1) is 11.3 Å². The van der Waals surface area contributed by atoms with Crippen molar-refractivity contribution in [3.8, 4) is 6.07 Å². The highest BCUT2D eigenvalue weighted by Crippen LogP contribution is 2.35. The summed E-state index contributed by atoms with van der Waals surface area (Å²) in [5.41, 5.74) is 1.70. The molecule has 0 aliphatic heterocycles. The number of rotatable bonds is 6. The molecule has 2 rings (SSSR count). The summed E-state index contributed by atoms with van der Waals surface area (Å²) < 4.78 is 0. The molecule has 0 bridgehead atoms. The number of nitriles is 1. The monoisotopic (exact) mass is 290 g/mol. The van der Waals surface area contributed by atoms with Crippen molar-refractivity contribution in [3.63, 3.8) is 0 Å². The first-order valence-electron chi connectivity index (χ1n) is 6.46. The maximum atomic E-state index is 10.7. The van der Waals surface area contributed by atoms with Crippen LogP contribution in [0.5, 0.6) is 0 Å². The molecule has 1 aliphatic rings. The van der Waals surface area contributed by atoms with Crippen LogP contribution in [0.4, 0.5) is 5.69 Å². The Bertz CT molecular complexity index is 574. The van der Waals surface area contributed by atoms with Crippen molar-refractivity contribution in [2.45, 2.75) is 25.3 Å². The van der Waals surface area contributed by atoms with Gasteiger partial charge in [-0.25, -0.2) is 4.79 Å². The lowest BCUT2D eigenvalue weighted by molar-refractivity contribution is -0.131. The van der Waals surface area contributed by atoms with E-state index >= 15 is 0 Å². The number of benzene rings is 1. The second-order valence-corrected chi connectivity index (χ2v) is 5.14. The van der Waals surface area contributed by atoms with Gasteiger partial charge in [0.1, 0.15) is 0 Å². The predicted octanol–water partition coefficient (Wildman–Crippen LogP) is 3.32. The first kappa shape index (κ1) is 14.4. The molecule has 0 unspecified atom stereocenters. The zero-order valence-electron chi connectivity index (χ0n) is 10.9. The van der Waals surface area contributed by atoms with Crippen LogP contribution in [-0.4, -0.2) is 23.7 Å². The van der Waals surface area contributed by atoms with Gasteiger partial charge in [0.05, 0.1) is 12.5 Å². The molecule has 1 saturated carbocycles. The van der Waals surface area contributed by atoms with Crippen LogP contribution < -0.4 is 4.90 Å². The number of carboxylic acid groups (broad SMARTS) is 1. The van der Waals surface area contributed by atoms with E-state index in [2.05, 4.69) is 11.0 Å². The highest BCUT2D eigenvalue weighted by molar-refractivity contribution is 6.30. The van der Waals surface area contributed by atoms with Crippen LogP contribution >= 0.6 is 11.6 Å². The van der Waals surface area contributed by atoms with E-state index in [1.165, 1.54) is 0 Å². The number of anilines is 1. The predicted molar refractivity (Wildman–Crippen MR) is 78.7 cm³/mol. The number of hydrogen-bond donors (Lipinski definition) is 1. The summed E-state index contributed by atoms with van der Waals surface area (Å²) in [4.78, 5) is 12.8. The van der Waals surface area contributed by atoms with E-state index in [1.54, 1.807) is 18.2 Å². The zero-order chi connectivity index (χ0) is 14.5. The fourth-order valence-electron chi connectivity index (χ4n) is 2.14. The highest BCUT2D eigenvalue weighted by atomic mass is 35.5. The molecule has 1 N–H and O–H groups in total. The minimum Gasteiger partial charge on any atom is -0.478 e. The van der Waals surface area contributed by atoms with E-state index in [-0.39, 0.29) is 0 Å². The minimum absolute atomic E-state index is 0.446. The summed E-state index contributed by atoms with van der Waals surface area (Å²) in [6, 6.07) is 8.02. The quantitative estimate of drug-likeness (QED) is 0.816. The van der Waals surface area contributed by atoms with E-state index in [1.807, 2.05) is 6.07 Å². The Kier molecular flexibility index (Phi) is 4.65. The van der Waals surface area contributed by atoms with Crippen molar-refractivity contribution in [1.29, 1.82) is 5.26 Å². The number of aliphatic carboxylic acids is 1. The number of nitrogens with zero attached hydrogens (tertiary/aromatic N) is 2. The lowest BCUT2D eigenvalue weighted by Crippen LogP contribution is -2.27. The second kappa shape index (κ2) is 6.44. The fourth-order valence-corrected chi connectivity index (χ4v) is 2.32. The summed E-state index contributed by atoms with van der Waals surface area (Å²) in [7, 11) is 0. The summed E-state index contributed by atoms with van der Waals surface area (Å²) >= 11 is 5.98. The third kappa shape index (κ3) is 3.75. The average molecular weight is 291 g/mol. The third-order valence-electron chi connectivity index (χ3n) is 3.16. The largest absolute Gasteiger partial charge is 0.478 e. The van der Waals surface area contributed by atoms with E-state index < -0.39 is 5.97 Å². The Morgan fingerprint density at radius 1 is 1.55 bits per heavy atom. The molecule has 0 aromatic heterocycles. The Labute approximate surface area is 122 Å². The Balaban J connectivity index is 2.32. The molecule has 0 radical (unpaired) electrons. The molecule has 1 fully saturated rings. The van der Waals surface area contributed by atoms with E-state index in [0.717, 1.165) is 30.2 Å². The van der Waals surface area contributed by atoms with Gasteiger partial charge in [-0.05, 0) is 42.7 Å². The molecule has 0 amide bonds. The van der Waals surface area contributed by atoms with Gasteiger partial charge in [0.2, 0.25) is 0 Å². The van der Waals surface area contributed by atoms with Gasteiger partial charge in [-0.3, -0.25) is 0 Å². The Morgan fingerprint density at radius 2 is 2.30 bits per heavy atom. The smallest absolute Gasteiger partial charge is 0.328 e.